The normalized spacial score (nSPS) is 14.9. The Labute approximate surface area is 165 Å². The summed E-state index contributed by atoms with van der Waals surface area (Å²) in [6.45, 7) is 1.03. The predicted molar refractivity (Wildman–Crippen MR) is 106 cm³/mol. The summed E-state index contributed by atoms with van der Waals surface area (Å²) in [5.74, 6) is 0.752. The summed E-state index contributed by atoms with van der Waals surface area (Å²) in [4.78, 5) is 14.6. The molecule has 1 aromatic heterocycles. The third-order valence-electron chi connectivity index (χ3n) is 4.95. The topological polar surface area (TPSA) is 81.1 Å². The molecule has 8 nitrogen and oxygen atoms in total. The molecule has 1 saturated heterocycles. The van der Waals surface area contributed by atoms with Gasteiger partial charge in [-0.25, -0.2) is 8.42 Å². The van der Waals surface area contributed by atoms with Crippen molar-refractivity contribution in [3.63, 3.8) is 0 Å². The lowest BCUT2D eigenvalue weighted by molar-refractivity contribution is 0.0984. The number of hydrogen-bond donors (Lipinski definition) is 0. The van der Waals surface area contributed by atoms with Crippen molar-refractivity contribution in [2.45, 2.75) is 17.7 Å². The van der Waals surface area contributed by atoms with Gasteiger partial charge in [0.25, 0.3) is 5.91 Å². The number of nitrogens with zero attached hydrogens (tertiary/aromatic N) is 3. The summed E-state index contributed by atoms with van der Waals surface area (Å²) in [6.07, 6.45) is 3.20. The first kappa shape index (κ1) is 20.2. The van der Waals surface area contributed by atoms with Crippen LogP contribution >= 0.6 is 0 Å². The third-order valence-corrected chi connectivity index (χ3v) is 6.82. The number of methoxy groups -OCH3 is 2. The first-order valence-electron chi connectivity index (χ1n) is 8.96. The van der Waals surface area contributed by atoms with E-state index < -0.39 is 10.0 Å². The largest absolute Gasteiger partial charge is 0.497 e. The zero-order valence-electron chi connectivity index (χ0n) is 16.5. The van der Waals surface area contributed by atoms with Gasteiger partial charge in [-0.3, -0.25) is 4.79 Å². The quantitative estimate of drug-likeness (QED) is 0.733. The molecule has 2 aromatic rings. The first-order valence-corrected chi connectivity index (χ1v) is 10.4. The fourth-order valence-corrected chi connectivity index (χ4v) is 4.90. The van der Waals surface area contributed by atoms with Crippen LogP contribution in [0.2, 0.25) is 0 Å². The highest BCUT2D eigenvalue weighted by Gasteiger charge is 2.30. The molecular weight excluding hydrogens is 382 g/mol. The molecule has 152 valence electrons. The van der Waals surface area contributed by atoms with Crippen LogP contribution in [0.25, 0.3) is 0 Å². The molecule has 1 aliphatic heterocycles. The van der Waals surface area contributed by atoms with Gasteiger partial charge in [0.05, 0.1) is 19.9 Å². The highest BCUT2D eigenvalue weighted by Crippen LogP contribution is 2.32. The lowest BCUT2D eigenvalue weighted by Crippen LogP contribution is -2.28. The van der Waals surface area contributed by atoms with Gasteiger partial charge in [0.15, 0.2) is 0 Å². The second-order valence-electron chi connectivity index (χ2n) is 6.69. The van der Waals surface area contributed by atoms with Crippen LogP contribution in [0.3, 0.4) is 0 Å². The zero-order chi connectivity index (χ0) is 20.5. The summed E-state index contributed by atoms with van der Waals surface area (Å²) < 4.78 is 39.1. The summed E-state index contributed by atoms with van der Waals surface area (Å²) in [7, 11) is 2.76. The first-order chi connectivity index (χ1) is 13.3. The highest BCUT2D eigenvalue weighted by molar-refractivity contribution is 7.89. The summed E-state index contributed by atoms with van der Waals surface area (Å²) >= 11 is 0. The molecule has 1 amide bonds. The molecule has 0 radical (unpaired) electrons. The van der Waals surface area contributed by atoms with Crippen LogP contribution in [-0.4, -0.2) is 57.6 Å². The van der Waals surface area contributed by atoms with E-state index in [1.807, 2.05) is 0 Å². The Kier molecular flexibility index (Phi) is 5.66. The minimum atomic E-state index is -3.59. The van der Waals surface area contributed by atoms with E-state index in [1.54, 1.807) is 39.4 Å². The van der Waals surface area contributed by atoms with Crippen LogP contribution < -0.4 is 14.4 Å². The molecule has 0 atom stereocenters. The Balaban J connectivity index is 1.92. The van der Waals surface area contributed by atoms with Crippen molar-refractivity contribution in [3.8, 4) is 11.5 Å². The maximum Gasteiger partial charge on any atom is 0.274 e. The number of benzene rings is 1. The van der Waals surface area contributed by atoms with E-state index in [9.17, 15) is 13.2 Å². The fourth-order valence-electron chi connectivity index (χ4n) is 3.31. The maximum atomic E-state index is 13.1. The molecule has 0 saturated carbocycles. The van der Waals surface area contributed by atoms with Crippen molar-refractivity contribution < 1.29 is 22.7 Å². The minimum Gasteiger partial charge on any atom is -0.497 e. The van der Waals surface area contributed by atoms with E-state index in [0.29, 0.717) is 30.3 Å². The van der Waals surface area contributed by atoms with Gasteiger partial charge in [0, 0.05) is 39.4 Å². The number of amides is 1. The number of rotatable bonds is 6. The standard InChI is InChI=1S/C19H25N3O5S/c1-20-13-15(28(24,25)22-9-5-6-10-22)12-17(20)19(23)21(2)16-8-7-14(26-3)11-18(16)27-4/h7-8,11-13H,5-6,9-10H2,1-4H3. The van der Waals surface area contributed by atoms with Crippen molar-refractivity contribution in [2.75, 3.05) is 39.3 Å². The number of carbonyl (C=O) groups is 1. The summed E-state index contributed by atoms with van der Waals surface area (Å²) in [5.41, 5.74) is 0.830. The Morgan fingerprint density at radius 2 is 1.79 bits per heavy atom. The highest BCUT2D eigenvalue weighted by atomic mass is 32.2. The molecule has 9 heteroatoms. The van der Waals surface area contributed by atoms with Crippen molar-refractivity contribution >= 4 is 21.6 Å². The number of hydrogen-bond acceptors (Lipinski definition) is 5. The maximum absolute atomic E-state index is 13.1. The van der Waals surface area contributed by atoms with Crippen molar-refractivity contribution in [1.29, 1.82) is 0 Å². The zero-order valence-corrected chi connectivity index (χ0v) is 17.3. The molecule has 1 aliphatic rings. The molecule has 0 spiro atoms. The van der Waals surface area contributed by atoms with Crippen LogP contribution in [0.15, 0.2) is 35.4 Å². The van der Waals surface area contributed by atoms with Crippen LogP contribution in [0, 0.1) is 0 Å². The molecule has 0 aliphatic carbocycles. The number of aryl methyl sites for hydroxylation is 1. The van der Waals surface area contributed by atoms with E-state index in [0.717, 1.165) is 12.8 Å². The molecule has 1 aromatic carbocycles. The van der Waals surface area contributed by atoms with Gasteiger partial charge in [0.1, 0.15) is 22.1 Å². The van der Waals surface area contributed by atoms with Gasteiger partial charge in [-0.2, -0.15) is 4.31 Å². The van der Waals surface area contributed by atoms with Crippen LogP contribution in [0.1, 0.15) is 23.3 Å². The van der Waals surface area contributed by atoms with Gasteiger partial charge >= 0.3 is 0 Å². The lowest BCUT2D eigenvalue weighted by atomic mass is 10.2. The molecule has 0 N–H and O–H groups in total. The number of anilines is 1. The smallest absolute Gasteiger partial charge is 0.274 e. The van der Waals surface area contributed by atoms with Crippen LogP contribution in [-0.2, 0) is 17.1 Å². The Morgan fingerprint density at radius 3 is 2.39 bits per heavy atom. The van der Waals surface area contributed by atoms with Crippen molar-refractivity contribution in [1.82, 2.24) is 8.87 Å². The second kappa shape index (κ2) is 7.84. The van der Waals surface area contributed by atoms with E-state index in [2.05, 4.69) is 0 Å². The molecule has 0 bridgehead atoms. The predicted octanol–water partition coefficient (Wildman–Crippen LogP) is 2.10. The lowest BCUT2D eigenvalue weighted by Gasteiger charge is -2.20. The van der Waals surface area contributed by atoms with Crippen LogP contribution in [0.4, 0.5) is 5.69 Å². The number of ether oxygens (including phenoxy) is 2. The van der Waals surface area contributed by atoms with Gasteiger partial charge in [0.2, 0.25) is 10.0 Å². The van der Waals surface area contributed by atoms with E-state index in [4.69, 9.17) is 9.47 Å². The Morgan fingerprint density at radius 1 is 1.11 bits per heavy atom. The average Bonchev–Trinajstić information content (AvgIpc) is 3.36. The van der Waals surface area contributed by atoms with Crippen molar-refractivity contribution in [3.05, 3.63) is 36.2 Å². The SMILES string of the molecule is COc1ccc(N(C)C(=O)c2cc(S(=O)(=O)N3CCCC3)cn2C)c(OC)c1. The van der Waals surface area contributed by atoms with Gasteiger partial charge in [-0.1, -0.05) is 0 Å². The number of aromatic nitrogens is 1. The minimum absolute atomic E-state index is 0.135. The number of sulfonamides is 1. The number of carbonyl (C=O) groups excluding carboxylic acids is 1. The Hall–Kier alpha value is -2.52. The molecule has 28 heavy (non-hydrogen) atoms. The van der Waals surface area contributed by atoms with Gasteiger partial charge in [-0.15, -0.1) is 0 Å². The third kappa shape index (κ3) is 3.59. The monoisotopic (exact) mass is 407 g/mol. The Bertz CT molecular complexity index is 977. The molecule has 2 heterocycles. The average molecular weight is 407 g/mol. The van der Waals surface area contributed by atoms with Gasteiger partial charge < -0.3 is 18.9 Å². The van der Waals surface area contributed by atoms with E-state index >= 15 is 0 Å². The summed E-state index contributed by atoms with van der Waals surface area (Å²) in [6, 6.07) is 6.58. The second-order valence-corrected chi connectivity index (χ2v) is 8.62. The van der Waals surface area contributed by atoms with Crippen molar-refractivity contribution in [2.24, 2.45) is 7.05 Å². The van der Waals surface area contributed by atoms with E-state index in [-0.39, 0.29) is 16.5 Å². The van der Waals surface area contributed by atoms with Crippen LogP contribution in [0.5, 0.6) is 11.5 Å². The van der Waals surface area contributed by atoms with Gasteiger partial charge in [-0.05, 0) is 31.0 Å². The summed E-state index contributed by atoms with van der Waals surface area (Å²) in [5, 5.41) is 0. The molecule has 0 unspecified atom stereocenters. The molecular formula is C19H25N3O5S. The molecule has 3 rings (SSSR count). The fraction of sp³-hybridized carbons (Fsp3) is 0.421. The molecule has 1 fully saturated rings. The van der Waals surface area contributed by atoms with E-state index in [1.165, 1.54) is 33.1 Å².